The zero-order valence-electron chi connectivity index (χ0n) is 19.7. The summed E-state index contributed by atoms with van der Waals surface area (Å²) in [7, 11) is 1.61. The van der Waals surface area contributed by atoms with Crippen molar-refractivity contribution >= 4 is 0 Å². The van der Waals surface area contributed by atoms with Crippen molar-refractivity contribution in [2.24, 2.45) is 0 Å². The first kappa shape index (κ1) is 25.3. The van der Waals surface area contributed by atoms with Crippen LogP contribution in [0.25, 0.3) is 0 Å². The average molecular weight is 481 g/mol. The molecule has 0 radical (unpaired) electrons. The summed E-state index contributed by atoms with van der Waals surface area (Å²) >= 11 is 0. The van der Waals surface area contributed by atoms with E-state index in [-0.39, 0.29) is 19.8 Å². The van der Waals surface area contributed by atoms with Crippen LogP contribution in [-0.2, 0) is 38.8 Å². The van der Waals surface area contributed by atoms with Crippen molar-refractivity contribution in [1.82, 2.24) is 0 Å². The van der Waals surface area contributed by atoms with Crippen molar-refractivity contribution in [3.8, 4) is 5.75 Å². The maximum absolute atomic E-state index is 11.2. The molecular weight excluding hydrogens is 448 g/mol. The molecule has 5 atom stereocenters. The molecule has 0 saturated carbocycles. The lowest BCUT2D eigenvalue weighted by Gasteiger charge is -2.42. The van der Waals surface area contributed by atoms with Gasteiger partial charge < -0.3 is 33.9 Å². The number of rotatable bonds is 11. The summed E-state index contributed by atoms with van der Waals surface area (Å²) < 4.78 is 28.9. The molecule has 35 heavy (non-hydrogen) atoms. The Bertz CT molecular complexity index is 995. The summed E-state index contributed by atoms with van der Waals surface area (Å²) in [6.07, 6.45) is -4.86. The van der Waals surface area contributed by atoms with E-state index in [0.29, 0.717) is 6.61 Å². The maximum Gasteiger partial charge on any atom is 0.184 e. The number of hydrogen-bond donors (Lipinski definition) is 2. The smallest absolute Gasteiger partial charge is 0.184 e. The minimum absolute atomic E-state index is 0.141. The van der Waals surface area contributed by atoms with E-state index >= 15 is 0 Å². The lowest BCUT2D eigenvalue weighted by atomic mass is 9.98. The van der Waals surface area contributed by atoms with Crippen LogP contribution in [0.4, 0.5) is 0 Å². The molecule has 3 aromatic carbocycles. The van der Waals surface area contributed by atoms with Crippen LogP contribution in [0, 0.1) is 0 Å². The molecule has 2 N–H and O–H groups in total. The predicted octanol–water partition coefficient (Wildman–Crippen LogP) is 3.46. The Kier molecular flexibility index (Phi) is 9.25. The summed E-state index contributed by atoms with van der Waals surface area (Å²) in [5.74, 6) is 0.750. The molecule has 186 valence electrons. The van der Waals surface area contributed by atoms with Crippen molar-refractivity contribution < 1.29 is 33.9 Å². The van der Waals surface area contributed by atoms with Crippen molar-refractivity contribution in [3.63, 3.8) is 0 Å². The van der Waals surface area contributed by atoms with Gasteiger partial charge in [-0.15, -0.1) is 0 Å². The first-order valence-electron chi connectivity index (χ1n) is 11.7. The SMILES string of the molecule is COc1ccc(CO[C@@H]2[C@H](O)[C@@H](OCc3ccccc3)[C@@H](O)O[C@@H]2COCc2ccccc2)cc1. The number of hydrogen-bond acceptors (Lipinski definition) is 7. The van der Waals surface area contributed by atoms with E-state index in [1.54, 1.807) is 7.11 Å². The highest BCUT2D eigenvalue weighted by Gasteiger charge is 2.46. The highest BCUT2D eigenvalue weighted by atomic mass is 16.7. The second kappa shape index (κ2) is 12.8. The standard InChI is InChI=1S/C28H32O7/c1-31-23-14-12-22(13-15-23)18-33-26-24(19-32-16-20-8-4-2-5-9-20)35-28(30)27(25(26)29)34-17-21-10-6-3-7-11-21/h2-15,24-30H,16-19H2,1H3/t24-,25+,26+,27-,28+/m1/s1. The van der Waals surface area contributed by atoms with E-state index in [2.05, 4.69) is 0 Å². The minimum Gasteiger partial charge on any atom is -0.497 e. The molecule has 4 rings (SSSR count). The summed E-state index contributed by atoms with van der Waals surface area (Å²) in [5, 5.41) is 21.8. The fourth-order valence-electron chi connectivity index (χ4n) is 3.98. The van der Waals surface area contributed by atoms with Gasteiger partial charge in [-0.1, -0.05) is 72.8 Å². The average Bonchev–Trinajstić information content (AvgIpc) is 2.90. The van der Waals surface area contributed by atoms with Crippen LogP contribution >= 0.6 is 0 Å². The summed E-state index contributed by atoms with van der Waals surface area (Å²) in [6, 6.07) is 26.8. The number of aliphatic hydroxyl groups is 2. The van der Waals surface area contributed by atoms with Gasteiger partial charge in [0.05, 0.1) is 33.5 Å². The van der Waals surface area contributed by atoms with Crippen molar-refractivity contribution in [2.45, 2.75) is 50.5 Å². The van der Waals surface area contributed by atoms with E-state index in [0.717, 1.165) is 22.4 Å². The summed E-state index contributed by atoms with van der Waals surface area (Å²) in [6.45, 7) is 0.989. The third-order valence-corrected chi connectivity index (χ3v) is 5.92. The van der Waals surface area contributed by atoms with Crippen LogP contribution < -0.4 is 4.74 Å². The normalized spacial score (nSPS) is 24.3. The molecule has 1 fully saturated rings. The fraction of sp³-hybridized carbons (Fsp3) is 0.357. The predicted molar refractivity (Wildman–Crippen MR) is 130 cm³/mol. The largest absolute Gasteiger partial charge is 0.497 e. The van der Waals surface area contributed by atoms with Crippen molar-refractivity contribution in [3.05, 3.63) is 102 Å². The molecule has 7 heteroatoms. The Morgan fingerprint density at radius 3 is 1.83 bits per heavy atom. The van der Waals surface area contributed by atoms with Gasteiger partial charge in [0, 0.05) is 0 Å². The fourth-order valence-corrected chi connectivity index (χ4v) is 3.98. The van der Waals surface area contributed by atoms with Crippen LogP contribution in [-0.4, -0.2) is 54.6 Å². The summed E-state index contributed by atoms with van der Waals surface area (Å²) in [5.41, 5.74) is 2.86. The Balaban J connectivity index is 1.42. The third kappa shape index (κ3) is 7.11. The van der Waals surface area contributed by atoms with Crippen LogP contribution in [0.5, 0.6) is 5.75 Å². The molecule has 0 unspecified atom stereocenters. The van der Waals surface area contributed by atoms with Gasteiger partial charge in [-0.3, -0.25) is 0 Å². The Hall–Kier alpha value is -2.78. The van der Waals surface area contributed by atoms with E-state index in [4.69, 9.17) is 23.7 Å². The van der Waals surface area contributed by atoms with E-state index in [1.807, 2.05) is 84.9 Å². The van der Waals surface area contributed by atoms with Crippen molar-refractivity contribution in [2.75, 3.05) is 13.7 Å². The van der Waals surface area contributed by atoms with E-state index in [1.165, 1.54) is 0 Å². The first-order chi connectivity index (χ1) is 17.1. The van der Waals surface area contributed by atoms with Crippen LogP contribution in [0.2, 0.25) is 0 Å². The molecule has 1 aliphatic rings. The molecule has 0 aliphatic carbocycles. The second-order valence-corrected chi connectivity index (χ2v) is 8.44. The second-order valence-electron chi connectivity index (χ2n) is 8.44. The molecule has 3 aromatic rings. The molecule has 0 bridgehead atoms. The molecule has 7 nitrogen and oxygen atoms in total. The zero-order chi connectivity index (χ0) is 24.5. The molecule has 0 amide bonds. The zero-order valence-corrected chi connectivity index (χ0v) is 19.7. The van der Waals surface area contributed by atoms with Gasteiger partial charge in [0.1, 0.15) is 30.2 Å². The topological polar surface area (TPSA) is 86.6 Å². The molecule has 0 spiro atoms. The number of benzene rings is 3. The van der Waals surface area contributed by atoms with Gasteiger partial charge in [0.25, 0.3) is 0 Å². The lowest BCUT2D eigenvalue weighted by Crippen LogP contribution is -2.60. The highest BCUT2D eigenvalue weighted by molar-refractivity contribution is 5.26. The van der Waals surface area contributed by atoms with Gasteiger partial charge in [-0.25, -0.2) is 0 Å². The Morgan fingerprint density at radius 1 is 0.686 bits per heavy atom. The van der Waals surface area contributed by atoms with Gasteiger partial charge in [0.2, 0.25) is 0 Å². The first-order valence-corrected chi connectivity index (χ1v) is 11.7. The van der Waals surface area contributed by atoms with Crippen LogP contribution in [0.1, 0.15) is 16.7 Å². The number of ether oxygens (including phenoxy) is 5. The van der Waals surface area contributed by atoms with Gasteiger partial charge in [-0.05, 0) is 28.8 Å². The van der Waals surface area contributed by atoms with Crippen LogP contribution in [0.3, 0.4) is 0 Å². The molecule has 0 aromatic heterocycles. The monoisotopic (exact) mass is 480 g/mol. The third-order valence-electron chi connectivity index (χ3n) is 5.92. The number of aliphatic hydroxyl groups excluding tert-OH is 2. The van der Waals surface area contributed by atoms with Gasteiger partial charge in [-0.2, -0.15) is 0 Å². The Morgan fingerprint density at radius 2 is 1.23 bits per heavy atom. The van der Waals surface area contributed by atoms with Gasteiger partial charge in [0.15, 0.2) is 6.29 Å². The molecule has 1 heterocycles. The highest BCUT2D eigenvalue weighted by Crippen LogP contribution is 2.27. The van der Waals surface area contributed by atoms with E-state index < -0.39 is 30.7 Å². The minimum atomic E-state index is -1.32. The molecule has 1 aliphatic heterocycles. The van der Waals surface area contributed by atoms with Gasteiger partial charge >= 0.3 is 0 Å². The lowest BCUT2D eigenvalue weighted by molar-refractivity contribution is -0.308. The maximum atomic E-state index is 11.2. The van der Waals surface area contributed by atoms with E-state index in [9.17, 15) is 10.2 Å². The van der Waals surface area contributed by atoms with Crippen LogP contribution in [0.15, 0.2) is 84.9 Å². The number of methoxy groups -OCH3 is 1. The Labute approximate surface area is 205 Å². The summed E-state index contributed by atoms with van der Waals surface area (Å²) in [4.78, 5) is 0. The molecular formula is C28H32O7. The quantitative estimate of drug-likeness (QED) is 0.435. The molecule has 1 saturated heterocycles. The van der Waals surface area contributed by atoms with Crippen molar-refractivity contribution in [1.29, 1.82) is 0 Å².